The van der Waals surface area contributed by atoms with Crippen LogP contribution in [0.4, 0.5) is 4.39 Å². The summed E-state index contributed by atoms with van der Waals surface area (Å²) in [6.07, 6.45) is 3.63. The zero-order chi connectivity index (χ0) is 25.5. The first-order valence-corrected chi connectivity index (χ1v) is 12.4. The molecule has 0 saturated carbocycles. The molecule has 2 unspecified atom stereocenters. The molecule has 2 fully saturated rings. The minimum absolute atomic E-state index is 0. The molecule has 0 N–H and O–H groups in total. The fourth-order valence-corrected chi connectivity index (χ4v) is 4.69. The van der Waals surface area contributed by atoms with Gasteiger partial charge in [-0.05, 0) is 31.0 Å². The van der Waals surface area contributed by atoms with Crippen LogP contribution in [0.2, 0.25) is 0 Å². The number of carbonyl (C=O) groups is 1. The van der Waals surface area contributed by atoms with Crippen LogP contribution < -0.4 is 4.74 Å². The Labute approximate surface area is 239 Å². The average Bonchev–Trinajstić information content (AvgIpc) is 2.84. The molecule has 2 heterocycles. The molecule has 2 aromatic carbocycles. The number of alkyl halides is 1. The zero-order valence-electron chi connectivity index (χ0n) is 21.9. The number of rotatable bonds is 5. The van der Waals surface area contributed by atoms with Crippen molar-refractivity contribution in [2.75, 3.05) is 26.8 Å². The first kappa shape index (κ1) is 30.8. The molecule has 0 aromatic heterocycles. The molecule has 36 heavy (non-hydrogen) atoms. The maximum absolute atomic E-state index is 13.0. The number of likely N-dealkylation sites (tertiary alicyclic amines) is 1. The molecule has 0 radical (unpaired) electrons. The number of hydrogen-bond donors (Lipinski definition) is 0. The van der Waals surface area contributed by atoms with Crippen molar-refractivity contribution in [1.29, 1.82) is 0 Å². The van der Waals surface area contributed by atoms with E-state index in [1.165, 1.54) is 19.4 Å². The number of piperidine rings is 1. The molecule has 194 valence electrons. The van der Waals surface area contributed by atoms with E-state index in [0.717, 1.165) is 25.7 Å². The van der Waals surface area contributed by atoms with Crippen LogP contribution in [0.3, 0.4) is 0 Å². The van der Waals surface area contributed by atoms with Crippen molar-refractivity contribution >= 4 is 5.91 Å². The van der Waals surface area contributed by atoms with Crippen LogP contribution in [0, 0.1) is 44.1 Å². The van der Waals surface area contributed by atoms with Gasteiger partial charge in [0.05, 0.1) is 24.9 Å². The molecule has 5 nitrogen and oxygen atoms in total. The molecule has 7 heteroatoms. The predicted octanol–water partition coefficient (Wildman–Crippen LogP) is 6.00. The molecule has 0 bridgehead atoms. The number of halogens is 1. The minimum atomic E-state index is -1.25. The Morgan fingerprint density at radius 2 is 1.89 bits per heavy atom. The third kappa shape index (κ3) is 9.17. The molecule has 2 saturated heterocycles. The first-order chi connectivity index (χ1) is 16.6. The second kappa shape index (κ2) is 14.0. The van der Waals surface area contributed by atoms with Gasteiger partial charge < -0.3 is 26.0 Å². The van der Waals surface area contributed by atoms with Gasteiger partial charge in [-0.2, -0.15) is 12.1 Å². The van der Waals surface area contributed by atoms with Gasteiger partial charge in [0.2, 0.25) is 5.91 Å². The van der Waals surface area contributed by atoms with Gasteiger partial charge in [-0.3, -0.25) is 9.18 Å². The van der Waals surface area contributed by atoms with Crippen molar-refractivity contribution in [2.45, 2.75) is 69.9 Å². The van der Waals surface area contributed by atoms with Crippen LogP contribution in [0.25, 0.3) is 0 Å². The van der Waals surface area contributed by atoms with Gasteiger partial charge >= 0.3 is 31.1 Å². The predicted molar refractivity (Wildman–Crippen MR) is 135 cm³/mol. The van der Waals surface area contributed by atoms with Crippen molar-refractivity contribution < 1.29 is 54.5 Å². The molecule has 2 aliphatic rings. The third-order valence-electron chi connectivity index (χ3n) is 6.25. The Morgan fingerprint density at radius 3 is 2.47 bits per heavy atom. The zero-order valence-corrected chi connectivity index (χ0v) is 26.1. The number of nitrogens with zero attached hydrogens (tertiary/aromatic N) is 1. The van der Waals surface area contributed by atoms with Crippen molar-refractivity contribution in [3.8, 4) is 5.75 Å². The maximum Gasteiger partial charge on any atom is 2.00 e. The molecular formula is C29H38FNO4U. The average molecular weight is 722 g/mol. The fourth-order valence-electron chi connectivity index (χ4n) is 4.69. The summed E-state index contributed by atoms with van der Waals surface area (Å²) in [6.45, 7) is 10.0. The normalized spacial score (nSPS) is 21.1. The van der Waals surface area contributed by atoms with E-state index in [2.05, 4.69) is 37.3 Å². The summed E-state index contributed by atoms with van der Waals surface area (Å²) in [4.78, 5) is 14.9. The van der Waals surface area contributed by atoms with Crippen LogP contribution in [-0.4, -0.2) is 55.0 Å². The molecular weight excluding hydrogens is 683 g/mol. The van der Waals surface area contributed by atoms with E-state index in [0.29, 0.717) is 31.0 Å². The molecule has 0 aliphatic carbocycles. The van der Waals surface area contributed by atoms with Gasteiger partial charge in [0.15, 0.2) is 0 Å². The number of amides is 1. The number of benzene rings is 2. The van der Waals surface area contributed by atoms with E-state index in [1.54, 1.807) is 25.3 Å². The SMILES string of the molecule is CCOC1CC(c2ccccc2)OC2(CCN(C(=O)c3cc[c-]c(OC)c3)CC2)C1.[CH2-]C(C)(C)F.[U+2]. The second-order valence-corrected chi connectivity index (χ2v) is 9.87. The number of ether oxygens (including phenoxy) is 3. The van der Waals surface area contributed by atoms with Crippen LogP contribution in [0.15, 0.2) is 48.5 Å². The Balaban J connectivity index is 0.000000694. The smallest absolute Gasteiger partial charge is 0.523 e. The molecule has 2 atom stereocenters. The van der Waals surface area contributed by atoms with Crippen molar-refractivity contribution in [3.05, 3.63) is 72.6 Å². The quantitative estimate of drug-likeness (QED) is 0.356. The second-order valence-electron chi connectivity index (χ2n) is 9.87. The van der Waals surface area contributed by atoms with Crippen molar-refractivity contribution in [2.24, 2.45) is 0 Å². The minimum Gasteiger partial charge on any atom is -0.523 e. The summed E-state index contributed by atoms with van der Waals surface area (Å²) in [5, 5.41) is 0. The monoisotopic (exact) mass is 721 g/mol. The van der Waals surface area contributed by atoms with E-state index < -0.39 is 5.67 Å². The third-order valence-corrected chi connectivity index (χ3v) is 6.25. The van der Waals surface area contributed by atoms with Gasteiger partial charge in [0.25, 0.3) is 0 Å². The molecule has 2 aliphatic heterocycles. The number of methoxy groups -OCH3 is 1. The standard InChI is InChI=1S/C25H30NO4.C4H8F.U/c1-3-29-22-17-23(19-8-5-4-6-9-19)30-25(18-22)12-14-26(15-13-25)24(27)20-10-7-11-21(16-20)28-2;1-4(2,3)5;/h4-10,16,22-23H,3,12-15,17-18H2,1-2H3;1H2,2-3H3;/q2*-1;+2. The topological polar surface area (TPSA) is 48.0 Å². The van der Waals surface area contributed by atoms with Gasteiger partial charge in [0.1, 0.15) is 0 Å². The van der Waals surface area contributed by atoms with Crippen LogP contribution in [-0.2, 0) is 9.47 Å². The molecule has 4 rings (SSSR count). The van der Waals surface area contributed by atoms with E-state index in [4.69, 9.17) is 14.2 Å². The molecule has 1 spiro atoms. The van der Waals surface area contributed by atoms with E-state index in [9.17, 15) is 9.18 Å². The summed E-state index contributed by atoms with van der Waals surface area (Å²) in [5.74, 6) is 0.615. The van der Waals surface area contributed by atoms with Gasteiger partial charge in [-0.25, -0.2) is 0 Å². The summed E-state index contributed by atoms with van der Waals surface area (Å²) < 4.78 is 29.5. The molecule has 2 aromatic rings. The maximum atomic E-state index is 13.0. The van der Waals surface area contributed by atoms with Crippen LogP contribution >= 0.6 is 0 Å². The summed E-state index contributed by atoms with van der Waals surface area (Å²) in [7, 11) is 1.59. The van der Waals surface area contributed by atoms with E-state index in [1.807, 2.05) is 17.9 Å². The van der Waals surface area contributed by atoms with Crippen LogP contribution in [0.5, 0.6) is 5.75 Å². The van der Waals surface area contributed by atoms with Crippen molar-refractivity contribution in [1.82, 2.24) is 4.90 Å². The molecule has 1 amide bonds. The van der Waals surface area contributed by atoms with Gasteiger partial charge in [-0.1, -0.05) is 49.7 Å². The summed E-state index contributed by atoms with van der Waals surface area (Å²) in [5.41, 5.74) is 0.352. The Kier molecular flexibility index (Phi) is 12.0. The number of hydrogen-bond acceptors (Lipinski definition) is 4. The summed E-state index contributed by atoms with van der Waals surface area (Å²) in [6, 6.07) is 18.7. The largest absolute Gasteiger partial charge is 2.00 e. The van der Waals surface area contributed by atoms with Gasteiger partial charge in [0, 0.05) is 38.3 Å². The van der Waals surface area contributed by atoms with Crippen molar-refractivity contribution in [3.63, 3.8) is 0 Å². The van der Waals surface area contributed by atoms with Gasteiger partial charge in [-0.15, -0.1) is 12.1 Å². The van der Waals surface area contributed by atoms with E-state index >= 15 is 0 Å². The summed E-state index contributed by atoms with van der Waals surface area (Å²) >= 11 is 0. The Hall–Kier alpha value is -1.39. The Morgan fingerprint density at radius 1 is 1.25 bits per heavy atom. The fraction of sp³-hybridized carbons (Fsp3) is 0.517. The first-order valence-electron chi connectivity index (χ1n) is 12.4. The number of carbonyl (C=O) groups excluding carboxylic acids is 1. The van der Waals surface area contributed by atoms with Crippen LogP contribution in [0.1, 0.15) is 68.5 Å². The van der Waals surface area contributed by atoms with E-state index in [-0.39, 0.29) is 54.8 Å². The Bertz CT molecular complexity index is 936.